The minimum absolute atomic E-state index is 0. The van der Waals surface area contributed by atoms with Crippen molar-refractivity contribution in [2.24, 2.45) is 0 Å². The van der Waals surface area contributed by atoms with E-state index in [-0.39, 0.29) is 53.7 Å². The van der Waals surface area contributed by atoms with E-state index in [0.717, 1.165) is 38.5 Å². The quantitative estimate of drug-likeness (QED) is 0.337. The zero-order valence-electron chi connectivity index (χ0n) is 22.0. The second kappa shape index (κ2) is 19.1. The molecule has 3 radical (unpaired) electrons. The maximum absolute atomic E-state index is 11.2. The van der Waals surface area contributed by atoms with Crippen LogP contribution in [0.5, 0.6) is 17.2 Å². The zero-order valence-corrected chi connectivity index (χ0v) is 24.5. The monoisotopic (exact) mass is 570 g/mol. The first-order valence-electron chi connectivity index (χ1n) is 12.4. The fourth-order valence-electron chi connectivity index (χ4n) is 3.09. The molecule has 3 aromatic heterocycles. The Morgan fingerprint density at radius 3 is 1.00 bits per heavy atom. The smallest absolute Gasteiger partial charge is 0.292 e. The second-order valence-electron chi connectivity index (χ2n) is 8.24. The number of aromatic nitrogens is 3. The average Bonchev–Trinajstić information content (AvgIpc) is 2.87. The molecule has 10 heteroatoms. The van der Waals surface area contributed by atoms with Crippen LogP contribution in [0, 0.1) is 0 Å². The summed E-state index contributed by atoms with van der Waals surface area (Å²) in [5.41, 5.74) is -0.900. The molecule has 0 atom stereocenters. The van der Waals surface area contributed by atoms with Gasteiger partial charge in [-0.05, 0) is 55.7 Å². The largest absolute Gasteiger partial charge is 0.503 e. The summed E-state index contributed by atoms with van der Waals surface area (Å²) in [6, 6.07) is 9.24. The van der Waals surface area contributed by atoms with E-state index in [1.165, 1.54) is 31.9 Å². The van der Waals surface area contributed by atoms with Crippen molar-refractivity contribution in [3.8, 4) is 17.2 Å². The molecule has 0 fully saturated rings. The molecular weight excluding hydrogens is 532 g/mol. The predicted octanol–water partition coefficient (Wildman–Crippen LogP) is 3.68. The molecule has 0 saturated carbocycles. The van der Waals surface area contributed by atoms with Gasteiger partial charge >= 0.3 is 0 Å². The number of unbranched alkanes of at least 4 members (excludes halogenated alkanes) is 3. The summed E-state index contributed by atoms with van der Waals surface area (Å²) >= 11 is 0. The summed E-state index contributed by atoms with van der Waals surface area (Å²) in [7, 11) is 0. The Bertz CT molecular complexity index is 1070. The molecule has 0 saturated heterocycles. The summed E-state index contributed by atoms with van der Waals surface area (Å²) in [5, 5.41) is 27.2. The Labute approximate surface area is 230 Å². The van der Waals surface area contributed by atoms with Crippen LogP contribution in [0.2, 0.25) is 0 Å². The standard InChI is InChI=1S/3C9H13NO2.Ga/c3*1-2-3-6-10-7-4-5-8(11)9(10)12;/h3*4-5,7,11H,2-3,6H2,1H3;. The van der Waals surface area contributed by atoms with Crippen LogP contribution >= 0.6 is 0 Å². The molecule has 37 heavy (non-hydrogen) atoms. The number of hydrogen-bond donors (Lipinski definition) is 3. The SMILES string of the molecule is CCCCn1cccc(O)c1=O.CCCCn1cccc(O)c1=O.CCCCn1cccc(O)c1=O.[Ga]. The summed E-state index contributed by atoms with van der Waals surface area (Å²) < 4.78 is 4.58. The van der Waals surface area contributed by atoms with E-state index in [1.54, 1.807) is 36.8 Å². The number of rotatable bonds is 9. The van der Waals surface area contributed by atoms with Crippen LogP contribution in [0.15, 0.2) is 69.4 Å². The molecule has 201 valence electrons. The second-order valence-corrected chi connectivity index (χ2v) is 8.24. The van der Waals surface area contributed by atoms with Gasteiger partial charge in [0.1, 0.15) is 0 Å². The molecule has 3 rings (SSSR count). The van der Waals surface area contributed by atoms with Gasteiger partial charge in [-0.3, -0.25) is 14.4 Å². The number of aromatic hydroxyl groups is 3. The van der Waals surface area contributed by atoms with Gasteiger partial charge in [-0.2, -0.15) is 0 Å². The third kappa shape index (κ3) is 12.1. The summed E-state index contributed by atoms with van der Waals surface area (Å²) in [6.45, 7) is 8.24. The van der Waals surface area contributed by atoms with Crippen LogP contribution in [0.1, 0.15) is 59.3 Å². The topological polar surface area (TPSA) is 127 Å². The molecule has 0 aliphatic carbocycles. The minimum atomic E-state index is -0.300. The summed E-state index contributed by atoms with van der Waals surface area (Å²) in [5.74, 6) is -0.518. The fourth-order valence-corrected chi connectivity index (χ4v) is 3.09. The van der Waals surface area contributed by atoms with Gasteiger partial charge in [-0.15, -0.1) is 0 Å². The third-order valence-electron chi connectivity index (χ3n) is 5.26. The molecule has 0 aromatic carbocycles. The van der Waals surface area contributed by atoms with Crippen molar-refractivity contribution in [1.29, 1.82) is 0 Å². The number of hydrogen-bond acceptors (Lipinski definition) is 6. The van der Waals surface area contributed by atoms with Crippen molar-refractivity contribution in [2.75, 3.05) is 0 Å². The molecule has 0 aliphatic heterocycles. The van der Waals surface area contributed by atoms with Gasteiger partial charge in [0.25, 0.3) is 16.7 Å². The Morgan fingerprint density at radius 1 is 0.541 bits per heavy atom. The minimum Gasteiger partial charge on any atom is -0.503 e. The van der Waals surface area contributed by atoms with Crippen LogP contribution in [-0.2, 0) is 19.6 Å². The van der Waals surface area contributed by atoms with E-state index < -0.39 is 0 Å². The van der Waals surface area contributed by atoms with Gasteiger partial charge in [0.05, 0.1) is 0 Å². The zero-order chi connectivity index (χ0) is 26.9. The van der Waals surface area contributed by atoms with E-state index in [2.05, 4.69) is 20.8 Å². The van der Waals surface area contributed by atoms with E-state index in [9.17, 15) is 14.4 Å². The Hall–Kier alpha value is -3.11. The molecule has 0 spiro atoms. The molecule has 0 amide bonds. The van der Waals surface area contributed by atoms with Crippen molar-refractivity contribution in [1.82, 2.24) is 13.7 Å². The average molecular weight is 571 g/mol. The van der Waals surface area contributed by atoms with Crippen molar-refractivity contribution < 1.29 is 15.3 Å². The fraction of sp³-hybridized carbons (Fsp3) is 0.444. The Morgan fingerprint density at radius 2 is 0.784 bits per heavy atom. The molecule has 3 N–H and O–H groups in total. The molecule has 0 bridgehead atoms. The number of aryl methyl sites for hydroxylation is 3. The summed E-state index contributed by atoms with van der Waals surface area (Å²) in [4.78, 5) is 33.6. The van der Waals surface area contributed by atoms with Crippen LogP contribution in [-0.4, -0.2) is 48.8 Å². The van der Waals surface area contributed by atoms with Gasteiger partial charge < -0.3 is 29.0 Å². The first kappa shape index (κ1) is 33.9. The van der Waals surface area contributed by atoms with Gasteiger partial charge in [0.2, 0.25) is 0 Å². The van der Waals surface area contributed by atoms with Gasteiger partial charge in [-0.25, -0.2) is 0 Å². The Balaban J connectivity index is 0.000000518. The first-order chi connectivity index (χ1) is 17.3. The van der Waals surface area contributed by atoms with Crippen LogP contribution in [0.4, 0.5) is 0 Å². The maximum Gasteiger partial charge on any atom is 0.292 e. The summed E-state index contributed by atoms with van der Waals surface area (Å²) in [6.07, 6.45) is 11.1. The van der Waals surface area contributed by atoms with Gasteiger partial charge in [0, 0.05) is 58.0 Å². The molecule has 0 aliphatic rings. The van der Waals surface area contributed by atoms with Crippen molar-refractivity contribution in [2.45, 2.75) is 78.9 Å². The van der Waals surface area contributed by atoms with Crippen molar-refractivity contribution in [3.63, 3.8) is 0 Å². The predicted molar refractivity (Wildman–Crippen MR) is 148 cm³/mol. The van der Waals surface area contributed by atoms with E-state index in [1.807, 2.05) is 0 Å². The number of nitrogens with zero attached hydrogens (tertiary/aromatic N) is 3. The van der Waals surface area contributed by atoms with Crippen LogP contribution < -0.4 is 16.7 Å². The van der Waals surface area contributed by atoms with E-state index in [0.29, 0.717) is 19.6 Å². The molecule has 0 unspecified atom stereocenters. The maximum atomic E-state index is 11.2. The van der Waals surface area contributed by atoms with Crippen molar-refractivity contribution >= 4 is 19.8 Å². The van der Waals surface area contributed by atoms with E-state index in [4.69, 9.17) is 15.3 Å². The van der Waals surface area contributed by atoms with Gasteiger partial charge in [0.15, 0.2) is 17.2 Å². The number of pyridine rings is 3. The van der Waals surface area contributed by atoms with E-state index >= 15 is 0 Å². The normalized spacial score (nSPS) is 9.81. The van der Waals surface area contributed by atoms with Crippen LogP contribution in [0.25, 0.3) is 0 Å². The van der Waals surface area contributed by atoms with Gasteiger partial charge in [-0.1, -0.05) is 40.0 Å². The third-order valence-corrected chi connectivity index (χ3v) is 5.26. The Kier molecular flexibility index (Phi) is 17.5. The molecular formula is C27H39GaN3O6. The molecule has 3 heterocycles. The molecule has 3 aromatic rings. The van der Waals surface area contributed by atoms with Crippen LogP contribution in [0.3, 0.4) is 0 Å². The molecule has 9 nitrogen and oxygen atoms in total. The first-order valence-corrected chi connectivity index (χ1v) is 12.4. The van der Waals surface area contributed by atoms with Crippen molar-refractivity contribution in [3.05, 3.63) is 86.1 Å².